The summed E-state index contributed by atoms with van der Waals surface area (Å²) in [5.41, 5.74) is 0.883. The summed E-state index contributed by atoms with van der Waals surface area (Å²) in [6.07, 6.45) is -2.86. The average Bonchev–Trinajstić information content (AvgIpc) is 2.37. The number of esters is 1. The number of nitriles is 1. The van der Waals surface area contributed by atoms with Gasteiger partial charge in [0, 0.05) is 0 Å². The first-order valence-electron chi connectivity index (χ1n) is 5.00. The molecule has 1 aromatic carbocycles. The molecular formula is C12H13NO4. The van der Waals surface area contributed by atoms with Crippen LogP contribution in [-0.4, -0.2) is 29.4 Å². The molecule has 17 heavy (non-hydrogen) atoms. The van der Waals surface area contributed by atoms with Gasteiger partial charge in [0.1, 0.15) is 6.10 Å². The molecule has 0 aliphatic carbocycles. The Balaban J connectivity index is 3.00. The Labute approximate surface area is 98.9 Å². The first-order valence-corrected chi connectivity index (χ1v) is 5.00. The average molecular weight is 235 g/mol. The second-order valence-electron chi connectivity index (χ2n) is 3.47. The zero-order chi connectivity index (χ0) is 12.8. The molecule has 0 aromatic heterocycles. The third-order valence-corrected chi connectivity index (χ3v) is 2.37. The second-order valence-corrected chi connectivity index (χ2v) is 3.47. The highest BCUT2D eigenvalue weighted by Crippen LogP contribution is 2.21. The highest BCUT2D eigenvalue weighted by Gasteiger charge is 2.21. The van der Waals surface area contributed by atoms with Crippen LogP contribution in [0, 0.1) is 11.3 Å². The molecule has 90 valence electrons. The largest absolute Gasteiger partial charge is 0.469 e. The number of hydrogen-bond acceptors (Lipinski definition) is 5. The number of aliphatic hydroxyl groups is 2. The maximum absolute atomic E-state index is 11.2. The van der Waals surface area contributed by atoms with Gasteiger partial charge in [-0.05, 0) is 11.1 Å². The first-order chi connectivity index (χ1) is 8.10. The minimum atomic E-state index is -1.52. The molecule has 0 bridgehead atoms. The molecular weight excluding hydrogens is 222 g/mol. The Kier molecular flexibility index (Phi) is 4.64. The van der Waals surface area contributed by atoms with Crippen molar-refractivity contribution in [3.63, 3.8) is 0 Å². The summed E-state index contributed by atoms with van der Waals surface area (Å²) in [6.45, 7) is 0. The third-order valence-electron chi connectivity index (χ3n) is 2.37. The first kappa shape index (κ1) is 13.2. The number of hydrogen-bond donors (Lipinski definition) is 2. The fourth-order valence-corrected chi connectivity index (χ4v) is 1.45. The van der Waals surface area contributed by atoms with Crippen LogP contribution >= 0.6 is 0 Å². The number of carbonyl (C=O) groups is 1. The molecule has 1 aromatic rings. The smallest absolute Gasteiger partial charge is 0.309 e. The van der Waals surface area contributed by atoms with Gasteiger partial charge in [0.25, 0.3) is 0 Å². The lowest BCUT2D eigenvalue weighted by Crippen LogP contribution is -2.18. The van der Waals surface area contributed by atoms with Gasteiger partial charge in [-0.1, -0.05) is 24.3 Å². The molecule has 5 nitrogen and oxygen atoms in total. The highest BCUT2D eigenvalue weighted by atomic mass is 16.5. The maximum atomic E-state index is 11.2. The molecule has 0 aliphatic heterocycles. The topological polar surface area (TPSA) is 90.6 Å². The van der Waals surface area contributed by atoms with Crippen molar-refractivity contribution in [3.05, 3.63) is 35.4 Å². The molecule has 0 spiro atoms. The SMILES string of the molecule is COC(=O)Cc1ccccc1C(O)C(O)C#N. The minimum Gasteiger partial charge on any atom is -0.469 e. The van der Waals surface area contributed by atoms with Crippen LogP contribution in [0.25, 0.3) is 0 Å². The van der Waals surface area contributed by atoms with E-state index in [9.17, 15) is 15.0 Å². The fourth-order valence-electron chi connectivity index (χ4n) is 1.45. The molecule has 0 aliphatic rings. The summed E-state index contributed by atoms with van der Waals surface area (Å²) in [4.78, 5) is 11.2. The van der Waals surface area contributed by atoms with Crippen molar-refractivity contribution in [1.29, 1.82) is 5.26 Å². The van der Waals surface area contributed by atoms with Gasteiger partial charge in [0.05, 0.1) is 19.6 Å². The Hall–Kier alpha value is -1.90. The van der Waals surface area contributed by atoms with E-state index in [0.29, 0.717) is 11.1 Å². The monoisotopic (exact) mass is 235 g/mol. The summed E-state index contributed by atoms with van der Waals surface area (Å²) in [5.74, 6) is -0.448. The van der Waals surface area contributed by atoms with E-state index in [0.717, 1.165) is 0 Å². The predicted octanol–water partition coefficient (Wildman–Crippen LogP) is 0.320. The molecule has 2 N–H and O–H groups in total. The molecule has 0 fully saturated rings. The minimum absolute atomic E-state index is 0.0120. The Morgan fingerprint density at radius 1 is 1.47 bits per heavy atom. The van der Waals surface area contributed by atoms with Crippen LogP contribution in [0.3, 0.4) is 0 Å². The van der Waals surface area contributed by atoms with Gasteiger partial charge >= 0.3 is 5.97 Å². The molecule has 0 heterocycles. The van der Waals surface area contributed by atoms with E-state index < -0.39 is 18.2 Å². The van der Waals surface area contributed by atoms with E-state index >= 15 is 0 Å². The van der Waals surface area contributed by atoms with Gasteiger partial charge in [-0.2, -0.15) is 5.26 Å². The lowest BCUT2D eigenvalue weighted by molar-refractivity contribution is -0.139. The summed E-state index contributed by atoms with van der Waals surface area (Å²) in [7, 11) is 1.27. The molecule has 2 unspecified atom stereocenters. The van der Waals surface area contributed by atoms with Crippen LogP contribution in [0.15, 0.2) is 24.3 Å². The molecule has 0 amide bonds. The van der Waals surface area contributed by atoms with Crippen LogP contribution in [0.5, 0.6) is 0 Å². The van der Waals surface area contributed by atoms with Gasteiger partial charge in [0.15, 0.2) is 6.10 Å². The number of carbonyl (C=O) groups excluding carboxylic acids is 1. The number of methoxy groups -OCH3 is 1. The predicted molar refractivity (Wildman–Crippen MR) is 58.7 cm³/mol. The van der Waals surface area contributed by atoms with E-state index in [1.807, 2.05) is 0 Å². The summed E-state index contributed by atoms with van der Waals surface area (Å²) < 4.78 is 4.53. The highest BCUT2D eigenvalue weighted by molar-refractivity contribution is 5.73. The van der Waals surface area contributed by atoms with E-state index in [-0.39, 0.29) is 6.42 Å². The number of rotatable bonds is 4. The zero-order valence-electron chi connectivity index (χ0n) is 9.33. The van der Waals surface area contributed by atoms with E-state index in [4.69, 9.17) is 5.26 Å². The molecule has 2 atom stereocenters. The second kappa shape index (κ2) is 5.99. The summed E-state index contributed by atoms with van der Waals surface area (Å²) in [5, 5.41) is 27.5. The standard InChI is InChI=1S/C12H13NO4/c1-17-11(15)6-8-4-2-3-5-9(8)12(16)10(14)7-13/h2-5,10,12,14,16H,6H2,1H3. The van der Waals surface area contributed by atoms with Gasteiger partial charge < -0.3 is 14.9 Å². The lowest BCUT2D eigenvalue weighted by atomic mass is 9.97. The number of ether oxygens (including phenoxy) is 1. The van der Waals surface area contributed by atoms with Crippen molar-refractivity contribution in [3.8, 4) is 6.07 Å². The Bertz CT molecular complexity index is 438. The number of aliphatic hydroxyl groups excluding tert-OH is 2. The maximum Gasteiger partial charge on any atom is 0.309 e. The van der Waals surface area contributed by atoms with Crippen LogP contribution in [0.4, 0.5) is 0 Å². The van der Waals surface area contributed by atoms with Crippen molar-refractivity contribution in [2.45, 2.75) is 18.6 Å². The van der Waals surface area contributed by atoms with Crippen LogP contribution in [0.1, 0.15) is 17.2 Å². The molecule has 0 saturated heterocycles. The third kappa shape index (κ3) is 3.28. The Morgan fingerprint density at radius 3 is 2.71 bits per heavy atom. The van der Waals surface area contributed by atoms with Gasteiger partial charge in [0.2, 0.25) is 0 Å². The van der Waals surface area contributed by atoms with Crippen molar-refractivity contribution in [1.82, 2.24) is 0 Å². The van der Waals surface area contributed by atoms with E-state index in [1.165, 1.54) is 7.11 Å². The lowest BCUT2D eigenvalue weighted by Gasteiger charge is -2.15. The normalized spacial score (nSPS) is 13.5. The van der Waals surface area contributed by atoms with Crippen molar-refractivity contribution >= 4 is 5.97 Å². The molecule has 1 rings (SSSR count). The van der Waals surface area contributed by atoms with Gasteiger partial charge in [-0.25, -0.2) is 0 Å². The zero-order valence-corrected chi connectivity index (χ0v) is 9.33. The molecule has 5 heteroatoms. The number of benzene rings is 1. The van der Waals surface area contributed by atoms with Crippen molar-refractivity contribution in [2.24, 2.45) is 0 Å². The van der Waals surface area contributed by atoms with Gasteiger partial charge in [-0.3, -0.25) is 4.79 Å². The van der Waals surface area contributed by atoms with E-state index in [2.05, 4.69) is 4.74 Å². The summed E-state index contributed by atoms with van der Waals surface area (Å²) >= 11 is 0. The van der Waals surface area contributed by atoms with Crippen molar-refractivity contribution < 1.29 is 19.7 Å². The van der Waals surface area contributed by atoms with Crippen LogP contribution < -0.4 is 0 Å². The van der Waals surface area contributed by atoms with Gasteiger partial charge in [-0.15, -0.1) is 0 Å². The Morgan fingerprint density at radius 2 is 2.12 bits per heavy atom. The fraction of sp³-hybridized carbons (Fsp3) is 0.333. The number of nitrogens with zero attached hydrogens (tertiary/aromatic N) is 1. The van der Waals surface area contributed by atoms with E-state index in [1.54, 1.807) is 30.3 Å². The van der Waals surface area contributed by atoms with Crippen LogP contribution in [-0.2, 0) is 16.0 Å². The van der Waals surface area contributed by atoms with Crippen molar-refractivity contribution in [2.75, 3.05) is 7.11 Å². The quantitative estimate of drug-likeness (QED) is 0.579. The molecule has 0 radical (unpaired) electrons. The van der Waals surface area contributed by atoms with Crippen LogP contribution in [0.2, 0.25) is 0 Å². The summed E-state index contributed by atoms with van der Waals surface area (Å²) in [6, 6.07) is 8.10. The molecule has 0 saturated carbocycles.